The van der Waals surface area contributed by atoms with Gasteiger partial charge < -0.3 is 10.0 Å². The monoisotopic (exact) mass is 431 g/mol. The highest BCUT2D eigenvalue weighted by molar-refractivity contribution is 7.85. The Balaban J connectivity index is 1.37. The van der Waals surface area contributed by atoms with Crippen molar-refractivity contribution in [1.82, 2.24) is 9.97 Å². The minimum Gasteiger partial charge on any atom is -0.396 e. The van der Waals surface area contributed by atoms with Gasteiger partial charge in [0.25, 0.3) is 0 Å². The van der Waals surface area contributed by atoms with Gasteiger partial charge in [-0.15, -0.1) is 0 Å². The van der Waals surface area contributed by atoms with E-state index in [-0.39, 0.29) is 17.9 Å². The molecule has 0 radical (unpaired) electrons. The lowest BCUT2D eigenvalue weighted by Gasteiger charge is -2.33. The maximum absolute atomic E-state index is 12.7. The summed E-state index contributed by atoms with van der Waals surface area (Å²) in [5.74, 6) is 2.03. The summed E-state index contributed by atoms with van der Waals surface area (Å²) in [6.45, 7) is 1.96. The van der Waals surface area contributed by atoms with Crippen molar-refractivity contribution in [3.63, 3.8) is 0 Å². The van der Waals surface area contributed by atoms with E-state index in [1.165, 1.54) is 5.56 Å². The number of halogens is 1. The number of nitrogens with zero attached hydrogens (tertiary/aromatic N) is 3. The van der Waals surface area contributed by atoms with Crippen LogP contribution in [0, 0.1) is 5.92 Å². The molecule has 29 heavy (non-hydrogen) atoms. The number of rotatable bonds is 3. The zero-order chi connectivity index (χ0) is 20.0. The van der Waals surface area contributed by atoms with Crippen molar-refractivity contribution in [3.05, 3.63) is 46.7 Å². The molecule has 154 valence electrons. The van der Waals surface area contributed by atoms with Gasteiger partial charge in [0.1, 0.15) is 0 Å². The third-order valence-corrected chi connectivity index (χ3v) is 8.96. The van der Waals surface area contributed by atoms with Crippen LogP contribution in [0.5, 0.6) is 0 Å². The summed E-state index contributed by atoms with van der Waals surface area (Å²) < 4.78 is 12.7. The molecule has 0 bridgehead atoms. The minimum absolute atomic E-state index is 0.141. The van der Waals surface area contributed by atoms with Crippen molar-refractivity contribution >= 4 is 28.3 Å². The maximum atomic E-state index is 12.7. The predicted octanol–water partition coefficient (Wildman–Crippen LogP) is 3.67. The topological polar surface area (TPSA) is 66.3 Å². The number of hydrogen-bond donors (Lipinski definition) is 1. The molecule has 3 aliphatic rings. The van der Waals surface area contributed by atoms with Gasteiger partial charge >= 0.3 is 0 Å². The molecule has 2 aromatic rings. The molecule has 1 aliphatic carbocycles. The Morgan fingerprint density at radius 1 is 1.21 bits per heavy atom. The Morgan fingerprint density at radius 2 is 1.97 bits per heavy atom. The molecule has 3 heterocycles. The van der Waals surface area contributed by atoms with E-state index in [0.717, 1.165) is 66.8 Å². The van der Waals surface area contributed by atoms with Gasteiger partial charge in [-0.25, -0.2) is 9.97 Å². The molecule has 3 atom stereocenters. The molecule has 5 rings (SSSR count). The van der Waals surface area contributed by atoms with Gasteiger partial charge in [-0.05, 0) is 55.2 Å². The molecule has 1 aromatic carbocycles. The van der Waals surface area contributed by atoms with E-state index in [9.17, 15) is 9.32 Å². The lowest BCUT2D eigenvalue weighted by molar-refractivity contribution is 0.180. The zero-order valence-corrected chi connectivity index (χ0v) is 18.0. The van der Waals surface area contributed by atoms with E-state index in [4.69, 9.17) is 16.6 Å². The fourth-order valence-corrected chi connectivity index (χ4v) is 7.38. The fraction of sp³-hybridized carbons (Fsp3) is 0.545. The second kappa shape index (κ2) is 7.64. The molecule has 1 saturated heterocycles. The summed E-state index contributed by atoms with van der Waals surface area (Å²) in [4.78, 5) is 12.6. The first-order valence-electron chi connectivity index (χ1n) is 10.5. The Morgan fingerprint density at radius 3 is 2.69 bits per heavy atom. The van der Waals surface area contributed by atoms with Crippen LogP contribution in [0.1, 0.15) is 49.3 Å². The highest BCUT2D eigenvalue weighted by Gasteiger charge is 2.52. The van der Waals surface area contributed by atoms with Crippen LogP contribution < -0.4 is 4.90 Å². The van der Waals surface area contributed by atoms with Crippen LogP contribution in [0.3, 0.4) is 0 Å². The van der Waals surface area contributed by atoms with E-state index >= 15 is 0 Å². The molecule has 1 spiro atoms. The summed E-state index contributed by atoms with van der Waals surface area (Å²) in [5, 5.41) is 10.7. The van der Waals surface area contributed by atoms with E-state index in [1.54, 1.807) is 6.20 Å². The van der Waals surface area contributed by atoms with Crippen molar-refractivity contribution in [2.24, 2.45) is 5.92 Å². The van der Waals surface area contributed by atoms with Crippen molar-refractivity contribution in [2.45, 2.75) is 48.3 Å². The maximum Gasteiger partial charge on any atom is 0.225 e. The Hall–Kier alpha value is -1.50. The first kappa shape index (κ1) is 19.5. The van der Waals surface area contributed by atoms with Crippen LogP contribution in [0.2, 0.25) is 5.02 Å². The Bertz CT molecular complexity index is 930. The lowest BCUT2D eigenvalue weighted by atomic mass is 9.77. The summed E-state index contributed by atoms with van der Waals surface area (Å²) in [7, 11) is -1.06. The smallest absolute Gasteiger partial charge is 0.225 e. The quantitative estimate of drug-likeness (QED) is 0.803. The molecule has 2 fully saturated rings. The summed E-state index contributed by atoms with van der Waals surface area (Å²) in [5.41, 5.74) is 2.06. The number of fused-ring (bicyclic) bond motifs is 2. The van der Waals surface area contributed by atoms with Crippen molar-refractivity contribution in [1.29, 1.82) is 0 Å². The van der Waals surface area contributed by atoms with Gasteiger partial charge in [-0.2, -0.15) is 0 Å². The molecule has 7 heteroatoms. The number of aliphatic hydroxyl groups is 1. The van der Waals surface area contributed by atoms with Gasteiger partial charge in [0.05, 0.1) is 21.4 Å². The van der Waals surface area contributed by atoms with Crippen molar-refractivity contribution in [2.75, 3.05) is 30.3 Å². The Kier molecular flexibility index (Phi) is 5.13. The normalized spacial score (nSPS) is 29.5. The number of benzene rings is 1. The van der Waals surface area contributed by atoms with Gasteiger partial charge in [-0.3, -0.25) is 4.21 Å². The molecule has 1 aromatic heterocycles. The molecule has 0 amide bonds. The number of piperidine rings is 1. The first-order chi connectivity index (χ1) is 14.1. The van der Waals surface area contributed by atoms with Gasteiger partial charge in [0.15, 0.2) is 0 Å². The van der Waals surface area contributed by atoms with E-state index in [2.05, 4.69) is 22.0 Å². The summed E-state index contributed by atoms with van der Waals surface area (Å²) in [6.07, 6.45) is 6.90. The molecular weight excluding hydrogens is 406 g/mol. The third-order valence-electron chi connectivity index (χ3n) is 7.14. The van der Waals surface area contributed by atoms with Crippen LogP contribution in [-0.4, -0.2) is 44.7 Å². The molecule has 1 saturated carbocycles. The summed E-state index contributed by atoms with van der Waals surface area (Å²) in [6, 6.07) is 8.18. The molecule has 5 nitrogen and oxygen atoms in total. The fourth-order valence-electron chi connectivity index (χ4n) is 5.48. The van der Waals surface area contributed by atoms with Crippen molar-refractivity contribution < 1.29 is 9.32 Å². The van der Waals surface area contributed by atoms with Crippen LogP contribution in [0.25, 0.3) is 0 Å². The number of anilines is 1. The zero-order valence-electron chi connectivity index (χ0n) is 16.4. The van der Waals surface area contributed by atoms with Gasteiger partial charge in [0.2, 0.25) is 5.95 Å². The predicted molar refractivity (Wildman–Crippen MR) is 115 cm³/mol. The molecule has 2 unspecified atom stereocenters. The highest BCUT2D eigenvalue weighted by atomic mass is 35.5. The van der Waals surface area contributed by atoms with Gasteiger partial charge in [0, 0.05) is 42.1 Å². The minimum atomic E-state index is -1.06. The standard InChI is InChI=1S/C22H26ClN3O2S/c23-18-5-3-15(4-6-18)16-7-10-26(11-8-16)21-24-12-19-20(25-21)22(14-29(19)28)9-1-2-17(22)13-27/h3-6,12,16-17,27H,1-2,7-11,13-14H2/t17?,22?,29-/m1/s1. The largest absolute Gasteiger partial charge is 0.396 e. The summed E-state index contributed by atoms with van der Waals surface area (Å²) >= 11 is 6.02. The first-order valence-corrected chi connectivity index (χ1v) is 12.2. The SMILES string of the molecule is O=[S@@]1CC2(CCCC2CO)c2nc(N3CCC(c4ccc(Cl)cc4)CC3)ncc21. The number of aliphatic hydroxyl groups excluding tert-OH is 1. The second-order valence-corrected chi connectivity index (χ2v) is 10.5. The Labute approximate surface area is 179 Å². The van der Waals surface area contributed by atoms with Gasteiger partial charge in [-0.1, -0.05) is 30.2 Å². The third kappa shape index (κ3) is 3.29. The van der Waals surface area contributed by atoms with Crippen LogP contribution >= 0.6 is 11.6 Å². The van der Waals surface area contributed by atoms with E-state index in [1.807, 2.05) is 12.1 Å². The van der Waals surface area contributed by atoms with E-state index < -0.39 is 10.8 Å². The van der Waals surface area contributed by atoms with E-state index in [0.29, 0.717) is 11.7 Å². The lowest BCUT2D eigenvalue weighted by Crippen LogP contribution is -2.37. The number of aromatic nitrogens is 2. The van der Waals surface area contributed by atoms with Crippen molar-refractivity contribution in [3.8, 4) is 0 Å². The molecule has 1 N–H and O–H groups in total. The number of hydrogen-bond acceptors (Lipinski definition) is 5. The molecular formula is C22H26ClN3O2S. The van der Waals surface area contributed by atoms with Crippen LogP contribution in [0.15, 0.2) is 35.4 Å². The van der Waals surface area contributed by atoms with Crippen LogP contribution in [-0.2, 0) is 16.2 Å². The van der Waals surface area contributed by atoms with Crippen LogP contribution in [0.4, 0.5) is 5.95 Å². The average molecular weight is 432 g/mol. The average Bonchev–Trinajstić information content (AvgIpc) is 3.29. The molecule has 2 aliphatic heterocycles. The highest BCUT2D eigenvalue weighted by Crippen LogP contribution is 2.51. The second-order valence-electron chi connectivity index (χ2n) is 8.61.